The second kappa shape index (κ2) is 6.87. The number of hydrogen-bond donors (Lipinski definition) is 1. The van der Waals surface area contributed by atoms with Crippen molar-refractivity contribution in [2.24, 2.45) is 29.6 Å². The van der Waals surface area contributed by atoms with E-state index in [0.717, 1.165) is 24.0 Å². The number of sulfonamides is 1. The van der Waals surface area contributed by atoms with Crippen molar-refractivity contribution in [2.75, 3.05) is 0 Å². The van der Waals surface area contributed by atoms with E-state index < -0.39 is 32.1 Å². The molecular formula is C21H27F2NO3S. The van der Waals surface area contributed by atoms with Crippen molar-refractivity contribution < 1.29 is 22.0 Å². The van der Waals surface area contributed by atoms with Gasteiger partial charge in [0.05, 0.1) is 5.54 Å². The van der Waals surface area contributed by atoms with E-state index in [1.165, 1.54) is 46.0 Å². The zero-order chi connectivity index (χ0) is 20.3. The molecule has 1 aromatic carbocycles. The Labute approximate surface area is 165 Å². The van der Waals surface area contributed by atoms with Gasteiger partial charge in [0.2, 0.25) is 10.0 Å². The maximum Gasteiger partial charge on any atom is 0.244 e. The lowest BCUT2D eigenvalue weighted by atomic mass is 9.51. The molecule has 28 heavy (non-hydrogen) atoms. The molecule has 1 aromatic rings. The van der Waals surface area contributed by atoms with E-state index in [9.17, 15) is 22.0 Å². The molecule has 4 aliphatic carbocycles. The molecule has 0 radical (unpaired) electrons. The third-order valence-electron chi connectivity index (χ3n) is 7.11. The summed E-state index contributed by atoms with van der Waals surface area (Å²) >= 11 is 0. The van der Waals surface area contributed by atoms with Gasteiger partial charge in [-0.15, -0.1) is 0 Å². The Bertz CT molecular complexity index is 869. The molecule has 4 aliphatic rings. The van der Waals surface area contributed by atoms with Gasteiger partial charge in [0.1, 0.15) is 16.5 Å². The SMILES string of the molecule is CC(C)(NS(=O)(=O)c1ccc(F)cc1F)C(=O)CC1C2CC3CC(C2)CC1C3. The van der Waals surface area contributed by atoms with Crippen LogP contribution in [0.5, 0.6) is 0 Å². The van der Waals surface area contributed by atoms with Crippen molar-refractivity contribution >= 4 is 15.8 Å². The van der Waals surface area contributed by atoms with Crippen molar-refractivity contribution in [1.29, 1.82) is 0 Å². The van der Waals surface area contributed by atoms with E-state index in [1.807, 2.05) is 0 Å². The number of carbonyl (C=O) groups is 1. The third-order valence-corrected chi connectivity index (χ3v) is 8.80. The smallest absolute Gasteiger partial charge is 0.244 e. The molecule has 4 fully saturated rings. The molecule has 0 spiro atoms. The van der Waals surface area contributed by atoms with Gasteiger partial charge in [0.15, 0.2) is 5.78 Å². The summed E-state index contributed by atoms with van der Waals surface area (Å²) in [6, 6.07) is 2.30. The van der Waals surface area contributed by atoms with Crippen molar-refractivity contribution in [3.63, 3.8) is 0 Å². The van der Waals surface area contributed by atoms with Gasteiger partial charge < -0.3 is 0 Å². The molecule has 0 aliphatic heterocycles. The number of ketones is 1. The Balaban J connectivity index is 1.48. The standard InChI is InChI=1S/C21H27F2NO3S/c1-21(2,24-28(26,27)19-4-3-16(22)10-18(19)23)20(25)11-17-14-6-12-5-13(8-14)9-15(17)7-12/h3-4,10,12-15,17,24H,5-9,11H2,1-2H3. The average molecular weight is 412 g/mol. The molecule has 4 bridgehead atoms. The Kier molecular flexibility index (Phi) is 4.90. The molecule has 0 saturated heterocycles. The third kappa shape index (κ3) is 3.63. The van der Waals surface area contributed by atoms with Gasteiger partial charge in [0.25, 0.3) is 0 Å². The van der Waals surface area contributed by atoms with E-state index in [1.54, 1.807) is 0 Å². The Morgan fingerprint density at radius 3 is 2.18 bits per heavy atom. The summed E-state index contributed by atoms with van der Waals surface area (Å²) in [7, 11) is -4.28. The van der Waals surface area contributed by atoms with Crippen LogP contribution in [0, 0.1) is 41.2 Å². The molecule has 0 atom stereocenters. The number of Topliss-reactive ketones (excluding diaryl/α,β-unsaturated/α-hetero) is 1. The van der Waals surface area contributed by atoms with E-state index in [-0.39, 0.29) is 5.78 Å². The Hall–Kier alpha value is -1.34. The maximum absolute atomic E-state index is 13.9. The Morgan fingerprint density at radius 1 is 1.07 bits per heavy atom. The number of halogens is 2. The maximum atomic E-state index is 13.9. The van der Waals surface area contributed by atoms with Gasteiger partial charge in [-0.2, -0.15) is 4.72 Å². The van der Waals surface area contributed by atoms with Crippen LogP contribution < -0.4 is 4.72 Å². The highest BCUT2D eigenvalue weighted by atomic mass is 32.2. The fraction of sp³-hybridized carbons (Fsp3) is 0.667. The number of carbonyl (C=O) groups excluding carboxylic acids is 1. The van der Waals surface area contributed by atoms with Crippen LogP contribution in [-0.2, 0) is 14.8 Å². The van der Waals surface area contributed by atoms with Gasteiger partial charge in [-0.05, 0) is 87.7 Å². The van der Waals surface area contributed by atoms with Gasteiger partial charge in [-0.25, -0.2) is 17.2 Å². The molecule has 0 aromatic heterocycles. The highest BCUT2D eigenvalue weighted by molar-refractivity contribution is 7.89. The van der Waals surface area contributed by atoms with Crippen LogP contribution >= 0.6 is 0 Å². The fourth-order valence-corrected chi connectivity index (χ4v) is 7.44. The summed E-state index contributed by atoms with van der Waals surface area (Å²) in [5.74, 6) is 0.890. The first-order valence-corrected chi connectivity index (χ1v) is 11.6. The average Bonchev–Trinajstić information content (AvgIpc) is 2.55. The van der Waals surface area contributed by atoms with Crippen LogP contribution in [0.25, 0.3) is 0 Å². The summed E-state index contributed by atoms with van der Waals surface area (Å²) in [6.07, 6.45) is 6.46. The van der Waals surface area contributed by atoms with Crippen LogP contribution in [0.4, 0.5) is 8.78 Å². The molecule has 7 heteroatoms. The highest BCUT2D eigenvalue weighted by Crippen LogP contribution is 2.57. The fourth-order valence-electron chi connectivity index (χ4n) is 5.98. The first kappa shape index (κ1) is 20.0. The monoisotopic (exact) mass is 411 g/mol. The molecule has 4 saturated carbocycles. The van der Waals surface area contributed by atoms with E-state index in [0.29, 0.717) is 30.2 Å². The van der Waals surface area contributed by atoms with Gasteiger partial charge in [-0.1, -0.05) is 0 Å². The topological polar surface area (TPSA) is 63.2 Å². The molecular weight excluding hydrogens is 384 g/mol. The van der Waals surface area contributed by atoms with E-state index in [2.05, 4.69) is 4.72 Å². The van der Waals surface area contributed by atoms with Crippen molar-refractivity contribution in [2.45, 2.75) is 62.8 Å². The predicted molar refractivity (Wildman–Crippen MR) is 101 cm³/mol. The largest absolute Gasteiger partial charge is 0.298 e. The van der Waals surface area contributed by atoms with Crippen molar-refractivity contribution in [3.8, 4) is 0 Å². The lowest BCUT2D eigenvalue weighted by molar-refractivity contribution is -0.128. The first-order chi connectivity index (χ1) is 13.0. The summed E-state index contributed by atoms with van der Waals surface area (Å²) < 4.78 is 54.6. The van der Waals surface area contributed by atoms with Crippen molar-refractivity contribution in [1.82, 2.24) is 4.72 Å². The second-order valence-corrected chi connectivity index (χ2v) is 11.2. The molecule has 5 rings (SSSR count). The predicted octanol–water partition coefficient (Wildman–Crippen LogP) is 4.05. The molecule has 0 unspecified atom stereocenters. The summed E-state index contributed by atoms with van der Waals surface area (Å²) in [6.45, 7) is 3.04. The number of hydrogen-bond acceptors (Lipinski definition) is 3. The number of benzene rings is 1. The minimum Gasteiger partial charge on any atom is -0.298 e. The van der Waals surface area contributed by atoms with E-state index >= 15 is 0 Å². The second-order valence-electron chi connectivity index (χ2n) is 9.53. The van der Waals surface area contributed by atoms with E-state index in [4.69, 9.17) is 0 Å². The molecule has 154 valence electrons. The van der Waals surface area contributed by atoms with Gasteiger partial charge in [-0.3, -0.25) is 4.79 Å². The quantitative estimate of drug-likeness (QED) is 0.768. The molecule has 0 heterocycles. The first-order valence-electron chi connectivity index (χ1n) is 10.1. The lowest BCUT2D eigenvalue weighted by Gasteiger charge is -2.54. The number of nitrogens with one attached hydrogen (secondary N) is 1. The van der Waals surface area contributed by atoms with Crippen molar-refractivity contribution in [3.05, 3.63) is 29.8 Å². The summed E-state index contributed by atoms with van der Waals surface area (Å²) in [4.78, 5) is 12.4. The zero-order valence-electron chi connectivity index (χ0n) is 16.3. The van der Waals surface area contributed by atoms with Crippen LogP contribution in [0.2, 0.25) is 0 Å². The minimum atomic E-state index is -4.28. The van der Waals surface area contributed by atoms with Crippen LogP contribution in [-0.4, -0.2) is 19.7 Å². The zero-order valence-corrected chi connectivity index (χ0v) is 17.1. The lowest BCUT2D eigenvalue weighted by Crippen LogP contribution is -2.52. The van der Waals surface area contributed by atoms with Gasteiger partial charge >= 0.3 is 0 Å². The molecule has 0 amide bonds. The summed E-state index contributed by atoms with van der Waals surface area (Å²) in [5, 5.41) is 0. The molecule has 4 nitrogen and oxygen atoms in total. The van der Waals surface area contributed by atoms with Crippen LogP contribution in [0.3, 0.4) is 0 Å². The Morgan fingerprint density at radius 2 is 1.64 bits per heavy atom. The van der Waals surface area contributed by atoms with Gasteiger partial charge in [0, 0.05) is 12.5 Å². The normalized spacial score (nSPS) is 31.9. The summed E-state index contributed by atoms with van der Waals surface area (Å²) in [5.41, 5.74) is -1.35. The number of rotatable bonds is 6. The molecule has 1 N–H and O–H groups in total. The highest BCUT2D eigenvalue weighted by Gasteiger charge is 2.49. The van der Waals surface area contributed by atoms with Crippen LogP contribution in [0.15, 0.2) is 23.1 Å². The van der Waals surface area contributed by atoms with Crippen LogP contribution in [0.1, 0.15) is 52.4 Å². The minimum absolute atomic E-state index is 0.170.